The molecule has 1 heterocycles. The predicted octanol–water partition coefficient (Wildman–Crippen LogP) is 5.80. The highest BCUT2D eigenvalue weighted by molar-refractivity contribution is 7.18. The number of carbonyl (C=O) groups excluding carboxylic acids is 1. The first-order chi connectivity index (χ1) is 13.1. The van der Waals surface area contributed by atoms with E-state index in [1.54, 1.807) is 4.90 Å². The molecule has 0 unspecified atom stereocenters. The number of carbonyl (C=O) groups is 2. The van der Waals surface area contributed by atoms with E-state index in [0.717, 1.165) is 16.9 Å². The van der Waals surface area contributed by atoms with Gasteiger partial charge in [-0.2, -0.15) is 0 Å². The molecule has 1 aromatic heterocycles. The van der Waals surface area contributed by atoms with E-state index in [9.17, 15) is 9.59 Å². The monoisotopic (exact) mass is 387 g/mol. The molecule has 0 saturated heterocycles. The smallest absolute Gasteiger partial charge is 0.449 e. The first-order valence-electron chi connectivity index (χ1n) is 9.49. The minimum Gasteiger partial charge on any atom is -0.449 e. The third-order valence-electron chi connectivity index (χ3n) is 5.07. The summed E-state index contributed by atoms with van der Waals surface area (Å²) >= 11 is 1.25. The molecular weight excluding hydrogens is 362 g/mol. The van der Waals surface area contributed by atoms with Crippen molar-refractivity contribution in [2.24, 2.45) is 5.92 Å². The SMILES string of the molecule is CCN(C(=O)CCC1CCCC1)c1cc(-c2ccccc2)sc1OC(=O)O. The molecule has 1 saturated carbocycles. The lowest BCUT2D eigenvalue weighted by atomic mass is 10.0. The van der Waals surface area contributed by atoms with Crippen molar-refractivity contribution in [1.82, 2.24) is 0 Å². The van der Waals surface area contributed by atoms with Crippen LogP contribution in [-0.4, -0.2) is 23.7 Å². The van der Waals surface area contributed by atoms with Crippen LogP contribution >= 0.6 is 11.3 Å². The predicted molar refractivity (Wildman–Crippen MR) is 108 cm³/mol. The van der Waals surface area contributed by atoms with Gasteiger partial charge in [-0.3, -0.25) is 4.79 Å². The van der Waals surface area contributed by atoms with Gasteiger partial charge >= 0.3 is 6.16 Å². The van der Waals surface area contributed by atoms with Crippen molar-refractivity contribution in [3.63, 3.8) is 0 Å². The van der Waals surface area contributed by atoms with E-state index in [0.29, 0.717) is 24.6 Å². The van der Waals surface area contributed by atoms with Crippen LogP contribution in [0.4, 0.5) is 10.5 Å². The molecule has 0 aliphatic heterocycles. The van der Waals surface area contributed by atoms with E-state index in [-0.39, 0.29) is 11.0 Å². The van der Waals surface area contributed by atoms with E-state index in [4.69, 9.17) is 9.84 Å². The Kier molecular flexibility index (Phi) is 6.50. The number of ether oxygens (including phenoxy) is 1. The molecule has 1 amide bonds. The molecule has 1 aliphatic rings. The molecule has 144 valence electrons. The Morgan fingerprint density at radius 1 is 1.22 bits per heavy atom. The maximum atomic E-state index is 12.8. The molecule has 0 bridgehead atoms. The molecule has 6 heteroatoms. The zero-order valence-electron chi connectivity index (χ0n) is 15.5. The van der Waals surface area contributed by atoms with Crippen LogP contribution in [0.25, 0.3) is 10.4 Å². The van der Waals surface area contributed by atoms with E-state index < -0.39 is 6.16 Å². The van der Waals surface area contributed by atoms with Crippen molar-refractivity contribution in [3.05, 3.63) is 36.4 Å². The molecule has 27 heavy (non-hydrogen) atoms. The molecule has 1 N–H and O–H groups in total. The van der Waals surface area contributed by atoms with Gasteiger partial charge in [-0.15, -0.1) is 0 Å². The van der Waals surface area contributed by atoms with E-state index in [1.807, 2.05) is 43.3 Å². The molecular formula is C21H25NO4S. The van der Waals surface area contributed by atoms with Gasteiger partial charge in [-0.25, -0.2) is 4.79 Å². The molecule has 2 aromatic rings. The third-order valence-corrected chi connectivity index (χ3v) is 6.12. The molecule has 1 fully saturated rings. The largest absolute Gasteiger partial charge is 0.512 e. The molecule has 0 radical (unpaired) electrons. The van der Waals surface area contributed by atoms with Gasteiger partial charge in [0.1, 0.15) is 0 Å². The molecule has 1 aromatic carbocycles. The minimum atomic E-state index is -1.37. The number of hydrogen-bond donors (Lipinski definition) is 1. The second kappa shape index (κ2) is 9.04. The quantitative estimate of drug-likeness (QED) is 0.610. The molecule has 3 rings (SSSR count). The van der Waals surface area contributed by atoms with Crippen LogP contribution in [0.3, 0.4) is 0 Å². The summed E-state index contributed by atoms with van der Waals surface area (Å²) in [6, 6.07) is 11.6. The number of rotatable bonds is 7. The highest BCUT2D eigenvalue weighted by Crippen LogP contribution is 2.43. The average Bonchev–Trinajstić information content (AvgIpc) is 3.31. The summed E-state index contributed by atoms with van der Waals surface area (Å²) in [5.74, 6) is 0.668. The van der Waals surface area contributed by atoms with Gasteiger partial charge in [-0.05, 0) is 30.9 Å². The maximum absolute atomic E-state index is 12.8. The van der Waals surface area contributed by atoms with Crippen molar-refractivity contribution in [3.8, 4) is 15.5 Å². The van der Waals surface area contributed by atoms with Crippen LogP contribution < -0.4 is 9.64 Å². The van der Waals surface area contributed by atoms with Crippen molar-refractivity contribution in [1.29, 1.82) is 0 Å². The Bertz CT molecular complexity index is 781. The fourth-order valence-corrected chi connectivity index (χ4v) is 4.70. The minimum absolute atomic E-state index is 0.0250. The molecule has 0 atom stereocenters. The van der Waals surface area contributed by atoms with Crippen molar-refractivity contribution in [2.75, 3.05) is 11.4 Å². The Hall–Kier alpha value is -2.34. The number of benzene rings is 1. The van der Waals surface area contributed by atoms with Crippen molar-refractivity contribution >= 4 is 29.1 Å². The van der Waals surface area contributed by atoms with Crippen LogP contribution in [-0.2, 0) is 4.79 Å². The summed E-state index contributed by atoms with van der Waals surface area (Å²) in [5, 5.41) is 9.34. The van der Waals surface area contributed by atoms with Crippen LogP contribution in [0.5, 0.6) is 5.06 Å². The Morgan fingerprint density at radius 2 is 1.93 bits per heavy atom. The zero-order valence-corrected chi connectivity index (χ0v) is 16.3. The highest BCUT2D eigenvalue weighted by Gasteiger charge is 2.24. The first-order valence-corrected chi connectivity index (χ1v) is 10.3. The molecule has 5 nitrogen and oxygen atoms in total. The normalized spacial score (nSPS) is 14.3. The Morgan fingerprint density at radius 3 is 2.56 bits per heavy atom. The van der Waals surface area contributed by atoms with Gasteiger partial charge in [0.25, 0.3) is 0 Å². The molecule has 1 aliphatic carbocycles. The Balaban J connectivity index is 1.83. The van der Waals surface area contributed by atoms with Gasteiger partial charge in [0.15, 0.2) is 0 Å². The zero-order chi connectivity index (χ0) is 19.2. The summed E-state index contributed by atoms with van der Waals surface area (Å²) in [4.78, 5) is 26.5. The number of nitrogens with zero attached hydrogens (tertiary/aromatic N) is 1. The fourth-order valence-electron chi connectivity index (χ4n) is 3.69. The lowest BCUT2D eigenvalue weighted by molar-refractivity contribution is -0.118. The van der Waals surface area contributed by atoms with Gasteiger partial charge in [0.05, 0.1) is 5.69 Å². The summed E-state index contributed by atoms with van der Waals surface area (Å²) in [7, 11) is 0. The topological polar surface area (TPSA) is 66.8 Å². The Labute approximate surface area is 163 Å². The fraction of sp³-hybridized carbons (Fsp3) is 0.429. The number of hydrogen-bond acceptors (Lipinski definition) is 4. The maximum Gasteiger partial charge on any atom is 0.512 e. The number of carboxylic acid groups (broad SMARTS) is 1. The van der Waals surface area contributed by atoms with Crippen LogP contribution in [0, 0.1) is 5.92 Å². The van der Waals surface area contributed by atoms with Gasteiger partial charge < -0.3 is 14.7 Å². The summed E-state index contributed by atoms with van der Waals surface area (Å²) in [6.07, 6.45) is 4.97. The van der Waals surface area contributed by atoms with Gasteiger partial charge in [0, 0.05) is 17.8 Å². The van der Waals surface area contributed by atoms with Gasteiger partial charge in [-0.1, -0.05) is 67.4 Å². The third kappa shape index (κ3) is 4.89. The molecule has 0 spiro atoms. The summed E-state index contributed by atoms with van der Waals surface area (Å²) < 4.78 is 5.00. The van der Waals surface area contributed by atoms with Crippen LogP contribution in [0.15, 0.2) is 36.4 Å². The second-order valence-electron chi connectivity index (χ2n) is 6.84. The lowest BCUT2D eigenvalue weighted by Gasteiger charge is -2.21. The van der Waals surface area contributed by atoms with E-state index in [1.165, 1.54) is 37.0 Å². The lowest BCUT2D eigenvalue weighted by Crippen LogP contribution is -2.30. The van der Waals surface area contributed by atoms with Crippen LogP contribution in [0.1, 0.15) is 45.4 Å². The summed E-state index contributed by atoms with van der Waals surface area (Å²) in [5.41, 5.74) is 1.51. The van der Waals surface area contributed by atoms with Crippen molar-refractivity contribution < 1.29 is 19.4 Å². The first kappa shape index (κ1) is 19.4. The summed E-state index contributed by atoms with van der Waals surface area (Å²) in [6.45, 7) is 2.38. The van der Waals surface area contributed by atoms with Gasteiger partial charge in [0.2, 0.25) is 11.0 Å². The number of anilines is 1. The number of amides is 1. The average molecular weight is 388 g/mol. The van der Waals surface area contributed by atoms with E-state index >= 15 is 0 Å². The highest BCUT2D eigenvalue weighted by atomic mass is 32.1. The van der Waals surface area contributed by atoms with Crippen LogP contribution in [0.2, 0.25) is 0 Å². The number of thiophene rings is 1. The van der Waals surface area contributed by atoms with E-state index in [2.05, 4.69) is 0 Å². The standard InChI is InChI=1S/C21H25NO4S/c1-2-22(19(23)13-12-15-8-6-7-9-15)17-14-18(16-10-4-3-5-11-16)27-20(17)26-21(24)25/h3-5,10-11,14-15H,2,6-9,12-13H2,1H3,(H,24,25). The van der Waals surface area contributed by atoms with Crippen molar-refractivity contribution in [2.45, 2.75) is 45.4 Å². The second-order valence-corrected chi connectivity index (χ2v) is 7.86.